The molecule has 3 aromatic rings. The molecule has 3 rings (SSSR count). The van der Waals surface area contributed by atoms with Gasteiger partial charge in [-0.25, -0.2) is 4.39 Å². The van der Waals surface area contributed by atoms with Gasteiger partial charge in [0.15, 0.2) is 0 Å². The third-order valence-corrected chi connectivity index (χ3v) is 3.54. The zero-order valence-corrected chi connectivity index (χ0v) is 13.0. The molecular formula is C16H12ClFN4O2. The number of benzene rings is 2. The molecule has 0 aliphatic heterocycles. The number of H-pyrrole nitrogens is 1. The van der Waals surface area contributed by atoms with E-state index in [1.54, 1.807) is 24.4 Å². The molecule has 0 aliphatic carbocycles. The lowest BCUT2D eigenvalue weighted by atomic mass is 10.2. The fourth-order valence-electron chi connectivity index (χ4n) is 2.14. The van der Waals surface area contributed by atoms with Crippen LogP contribution in [0.2, 0.25) is 5.02 Å². The van der Waals surface area contributed by atoms with Gasteiger partial charge in [-0.2, -0.15) is 5.10 Å². The number of hydrogen-bond donors (Lipinski definition) is 3. The van der Waals surface area contributed by atoms with Crippen LogP contribution in [-0.4, -0.2) is 22.0 Å². The molecule has 1 heterocycles. The number of fused-ring (bicyclic) bond motifs is 1. The standard InChI is InChI=1S/C16H12ClFN4O2/c17-12-5-10(3-4-13(12)18)20-15(23)7-16(24)21-11-2-1-9-8-19-22-14(9)6-11/h1-6,8H,7H2,(H,19,22)(H,20,23)(H,21,24). The molecule has 6 nitrogen and oxygen atoms in total. The van der Waals surface area contributed by atoms with Crippen LogP contribution in [0, 0.1) is 5.82 Å². The van der Waals surface area contributed by atoms with E-state index < -0.39 is 17.6 Å². The van der Waals surface area contributed by atoms with Gasteiger partial charge in [0.1, 0.15) is 12.2 Å². The fraction of sp³-hybridized carbons (Fsp3) is 0.0625. The zero-order chi connectivity index (χ0) is 17.1. The van der Waals surface area contributed by atoms with Crippen molar-refractivity contribution in [1.82, 2.24) is 10.2 Å². The van der Waals surface area contributed by atoms with Crippen molar-refractivity contribution in [2.24, 2.45) is 0 Å². The fourth-order valence-corrected chi connectivity index (χ4v) is 2.33. The largest absolute Gasteiger partial charge is 0.326 e. The van der Waals surface area contributed by atoms with Crippen molar-refractivity contribution < 1.29 is 14.0 Å². The molecule has 1 aromatic heterocycles. The molecule has 0 radical (unpaired) electrons. The normalized spacial score (nSPS) is 10.6. The number of carbonyl (C=O) groups is 2. The molecule has 2 aromatic carbocycles. The average Bonchev–Trinajstić information content (AvgIpc) is 2.98. The molecule has 122 valence electrons. The number of rotatable bonds is 4. The number of hydrogen-bond acceptors (Lipinski definition) is 3. The van der Waals surface area contributed by atoms with Crippen LogP contribution in [0.5, 0.6) is 0 Å². The Balaban J connectivity index is 1.59. The van der Waals surface area contributed by atoms with E-state index in [0.717, 1.165) is 17.0 Å². The Morgan fingerprint density at radius 1 is 1.08 bits per heavy atom. The van der Waals surface area contributed by atoms with Gasteiger partial charge in [0, 0.05) is 16.8 Å². The maximum atomic E-state index is 13.1. The van der Waals surface area contributed by atoms with E-state index >= 15 is 0 Å². The first-order valence-electron chi connectivity index (χ1n) is 6.99. The van der Waals surface area contributed by atoms with Crippen molar-refractivity contribution in [2.45, 2.75) is 6.42 Å². The minimum atomic E-state index is -0.582. The highest BCUT2D eigenvalue weighted by atomic mass is 35.5. The van der Waals surface area contributed by atoms with E-state index in [0.29, 0.717) is 11.4 Å². The number of aromatic nitrogens is 2. The first-order chi connectivity index (χ1) is 11.5. The molecule has 2 amide bonds. The number of nitrogens with one attached hydrogen (secondary N) is 3. The maximum Gasteiger partial charge on any atom is 0.233 e. The second kappa shape index (κ2) is 6.67. The summed E-state index contributed by atoms with van der Waals surface area (Å²) in [5.74, 6) is -1.58. The summed E-state index contributed by atoms with van der Waals surface area (Å²) < 4.78 is 13.1. The van der Waals surface area contributed by atoms with Gasteiger partial charge in [-0.1, -0.05) is 11.6 Å². The number of aromatic amines is 1. The molecule has 0 fully saturated rings. The highest BCUT2D eigenvalue weighted by Crippen LogP contribution is 2.20. The van der Waals surface area contributed by atoms with Crippen molar-refractivity contribution in [1.29, 1.82) is 0 Å². The first kappa shape index (κ1) is 15.9. The zero-order valence-electron chi connectivity index (χ0n) is 12.3. The van der Waals surface area contributed by atoms with Gasteiger partial charge in [-0.05, 0) is 36.4 Å². The van der Waals surface area contributed by atoms with Crippen molar-refractivity contribution >= 4 is 45.7 Å². The number of halogens is 2. The van der Waals surface area contributed by atoms with Crippen molar-refractivity contribution in [3.05, 3.63) is 53.4 Å². The second-order valence-electron chi connectivity index (χ2n) is 5.07. The minimum absolute atomic E-state index is 0.106. The van der Waals surface area contributed by atoms with E-state index in [9.17, 15) is 14.0 Å². The predicted octanol–water partition coefficient (Wildman–Crippen LogP) is 3.32. The van der Waals surface area contributed by atoms with Gasteiger partial charge in [0.25, 0.3) is 0 Å². The summed E-state index contributed by atoms with van der Waals surface area (Å²) in [5, 5.41) is 12.6. The third-order valence-electron chi connectivity index (χ3n) is 3.25. The quantitative estimate of drug-likeness (QED) is 0.633. The molecule has 0 bridgehead atoms. The third kappa shape index (κ3) is 3.69. The molecule has 0 spiro atoms. The summed E-state index contributed by atoms with van der Waals surface area (Å²) in [4.78, 5) is 23.8. The molecule has 8 heteroatoms. The van der Waals surface area contributed by atoms with Crippen LogP contribution in [0.25, 0.3) is 10.9 Å². The summed E-state index contributed by atoms with van der Waals surface area (Å²) in [6.07, 6.45) is 1.29. The van der Waals surface area contributed by atoms with Crippen LogP contribution in [0.4, 0.5) is 15.8 Å². The Morgan fingerprint density at radius 3 is 2.46 bits per heavy atom. The van der Waals surface area contributed by atoms with E-state index in [1.807, 2.05) is 0 Å². The molecular weight excluding hydrogens is 335 g/mol. The van der Waals surface area contributed by atoms with E-state index in [1.165, 1.54) is 12.1 Å². The highest BCUT2D eigenvalue weighted by Gasteiger charge is 2.11. The van der Waals surface area contributed by atoms with Crippen LogP contribution in [-0.2, 0) is 9.59 Å². The number of anilines is 2. The summed E-state index contributed by atoms with van der Waals surface area (Å²) in [7, 11) is 0. The molecule has 0 aliphatic rings. The Kier molecular flexibility index (Phi) is 4.43. The number of carbonyl (C=O) groups excluding carboxylic acids is 2. The first-order valence-corrected chi connectivity index (χ1v) is 7.37. The van der Waals surface area contributed by atoms with Crippen LogP contribution in [0.3, 0.4) is 0 Å². The topological polar surface area (TPSA) is 86.9 Å². The molecule has 3 N–H and O–H groups in total. The molecule has 0 saturated heterocycles. The molecule has 0 atom stereocenters. The van der Waals surface area contributed by atoms with Crippen molar-refractivity contribution in [3.8, 4) is 0 Å². The smallest absolute Gasteiger partial charge is 0.233 e. The van der Waals surface area contributed by atoms with Gasteiger partial charge in [0.2, 0.25) is 11.8 Å². The molecule has 0 saturated carbocycles. The summed E-state index contributed by atoms with van der Waals surface area (Å²) >= 11 is 5.64. The Morgan fingerprint density at radius 2 is 1.75 bits per heavy atom. The minimum Gasteiger partial charge on any atom is -0.326 e. The van der Waals surface area contributed by atoms with E-state index in [4.69, 9.17) is 11.6 Å². The van der Waals surface area contributed by atoms with Crippen molar-refractivity contribution in [2.75, 3.05) is 10.6 Å². The lowest BCUT2D eigenvalue weighted by Crippen LogP contribution is -2.21. The van der Waals surface area contributed by atoms with Gasteiger partial charge >= 0.3 is 0 Å². The van der Waals surface area contributed by atoms with Crippen LogP contribution in [0.1, 0.15) is 6.42 Å². The highest BCUT2D eigenvalue weighted by molar-refractivity contribution is 6.31. The summed E-state index contributed by atoms with van der Waals surface area (Å²) in [6.45, 7) is 0. The maximum absolute atomic E-state index is 13.1. The Bertz CT molecular complexity index is 925. The van der Waals surface area contributed by atoms with Crippen molar-refractivity contribution in [3.63, 3.8) is 0 Å². The predicted molar refractivity (Wildman–Crippen MR) is 89.4 cm³/mol. The van der Waals surface area contributed by atoms with Crippen LogP contribution in [0.15, 0.2) is 42.6 Å². The Hall–Kier alpha value is -2.93. The van der Waals surface area contributed by atoms with E-state index in [-0.39, 0.29) is 11.4 Å². The second-order valence-corrected chi connectivity index (χ2v) is 5.48. The Labute approximate surface area is 141 Å². The average molecular weight is 347 g/mol. The lowest BCUT2D eigenvalue weighted by molar-refractivity contribution is -0.123. The molecule has 0 unspecified atom stereocenters. The monoisotopic (exact) mass is 346 g/mol. The molecule has 24 heavy (non-hydrogen) atoms. The summed E-state index contributed by atoms with van der Waals surface area (Å²) in [6, 6.07) is 9.01. The number of nitrogens with zero attached hydrogens (tertiary/aromatic N) is 1. The van der Waals surface area contributed by atoms with Gasteiger partial charge < -0.3 is 10.6 Å². The van der Waals surface area contributed by atoms with Gasteiger partial charge in [-0.15, -0.1) is 0 Å². The van der Waals surface area contributed by atoms with Crippen LogP contribution < -0.4 is 10.6 Å². The lowest BCUT2D eigenvalue weighted by Gasteiger charge is -2.07. The summed E-state index contributed by atoms with van der Waals surface area (Å²) in [5.41, 5.74) is 1.64. The van der Waals surface area contributed by atoms with Crippen LogP contribution >= 0.6 is 11.6 Å². The van der Waals surface area contributed by atoms with Gasteiger partial charge in [-0.3, -0.25) is 14.7 Å². The van der Waals surface area contributed by atoms with Gasteiger partial charge in [0.05, 0.1) is 16.7 Å². The van der Waals surface area contributed by atoms with E-state index in [2.05, 4.69) is 20.8 Å². The number of amides is 2. The SMILES string of the molecule is O=C(CC(=O)Nc1ccc2cn[nH]c2c1)Nc1ccc(F)c(Cl)c1.